The van der Waals surface area contributed by atoms with Crippen LogP contribution in [0.3, 0.4) is 0 Å². The second kappa shape index (κ2) is 13.8. The van der Waals surface area contributed by atoms with Crippen molar-refractivity contribution in [3.05, 3.63) is 0 Å². The number of unbranched alkanes of at least 4 members (excludes halogenated alkanes) is 4. The summed E-state index contributed by atoms with van der Waals surface area (Å²) < 4.78 is 0. The van der Waals surface area contributed by atoms with Crippen LogP contribution in [0.25, 0.3) is 0 Å². The Kier molecular flexibility index (Phi) is 15.0. The Hall–Kier alpha value is -0.650. The van der Waals surface area contributed by atoms with E-state index < -0.39 is 11.4 Å². The molecule has 0 amide bonds. The maximum atomic E-state index is 10.0. The molecule has 19 heavy (non-hydrogen) atoms. The van der Waals surface area contributed by atoms with E-state index in [1.165, 1.54) is 19.3 Å². The predicted octanol–water partition coefficient (Wildman–Crippen LogP) is 1.79. The highest BCUT2D eigenvalue weighted by molar-refractivity contribution is 5.66. The number of hydrogen-bond acceptors (Lipinski definition) is 4. The van der Waals surface area contributed by atoms with Crippen LogP contribution in [-0.4, -0.2) is 46.2 Å². The van der Waals surface area contributed by atoms with Crippen LogP contribution in [0.4, 0.5) is 0 Å². The number of rotatable bonds is 10. The van der Waals surface area contributed by atoms with Crippen molar-refractivity contribution in [2.75, 3.05) is 19.8 Å². The SMILES string of the molecule is CCC(CO)(CO)CO.CCCCCCCC(=O)O. The van der Waals surface area contributed by atoms with Crippen molar-refractivity contribution >= 4 is 5.97 Å². The summed E-state index contributed by atoms with van der Waals surface area (Å²) in [5, 5.41) is 34.2. The highest BCUT2D eigenvalue weighted by Gasteiger charge is 2.24. The van der Waals surface area contributed by atoms with Gasteiger partial charge in [-0.15, -0.1) is 0 Å². The Balaban J connectivity index is 0. The fourth-order valence-corrected chi connectivity index (χ4v) is 1.37. The fourth-order valence-electron chi connectivity index (χ4n) is 1.37. The maximum absolute atomic E-state index is 10.0. The zero-order valence-electron chi connectivity index (χ0n) is 12.3. The smallest absolute Gasteiger partial charge is 0.303 e. The van der Waals surface area contributed by atoms with Crippen LogP contribution in [0.1, 0.15) is 58.8 Å². The number of carboxylic acid groups (broad SMARTS) is 1. The minimum Gasteiger partial charge on any atom is -0.481 e. The summed E-state index contributed by atoms with van der Waals surface area (Å²) in [6, 6.07) is 0. The summed E-state index contributed by atoms with van der Waals surface area (Å²) in [4.78, 5) is 10.0. The van der Waals surface area contributed by atoms with Gasteiger partial charge in [0.05, 0.1) is 19.8 Å². The van der Waals surface area contributed by atoms with Crippen LogP contribution in [0.2, 0.25) is 0 Å². The number of aliphatic hydroxyl groups excluding tert-OH is 3. The molecule has 0 saturated carbocycles. The average Bonchev–Trinajstić information content (AvgIpc) is 2.42. The summed E-state index contributed by atoms with van der Waals surface area (Å²) in [6.07, 6.45) is 6.48. The predicted molar refractivity (Wildman–Crippen MR) is 75.0 cm³/mol. The number of carboxylic acids is 1. The van der Waals surface area contributed by atoms with E-state index in [0.29, 0.717) is 12.8 Å². The van der Waals surface area contributed by atoms with Gasteiger partial charge in [0.2, 0.25) is 0 Å². The lowest BCUT2D eigenvalue weighted by atomic mass is 9.88. The van der Waals surface area contributed by atoms with Gasteiger partial charge < -0.3 is 20.4 Å². The molecule has 0 saturated heterocycles. The Bertz CT molecular complexity index is 185. The second-order valence-electron chi connectivity index (χ2n) is 4.89. The third-order valence-electron chi connectivity index (χ3n) is 3.25. The Morgan fingerprint density at radius 1 is 0.895 bits per heavy atom. The van der Waals surface area contributed by atoms with Crippen molar-refractivity contribution < 1.29 is 25.2 Å². The van der Waals surface area contributed by atoms with E-state index >= 15 is 0 Å². The molecule has 0 rings (SSSR count). The molecule has 5 nitrogen and oxygen atoms in total. The van der Waals surface area contributed by atoms with E-state index in [1.807, 2.05) is 6.92 Å². The monoisotopic (exact) mass is 278 g/mol. The largest absolute Gasteiger partial charge is 0.481 e. The quantitative estimate of drug-likeness (QED) is 0.457. The lowest BCUT2D eigenvalue weighted by molar-refractivity contribution is -0.137. The van der Waals surface area contributed by atoms with Gasteiger partial charge in [-0.05, 0) is 12.8 Å². The standard InChI is InChI=1S/C8H16O2.C6H14O3/c1-2-3-4-5-6-7-8(9)10;1-2-6(3-7,4-8)5-9/h2-7H2,1H3,(H,9,10);7-9H,2-5H2,1H3. The highest BCUT2D eigenvalue weighted by atomic mass is 16.4. The molecule has 116 valence electrons. The van der Waals surface area contributed by atoms with Crippen molar-refractivity contribution in [2.45, 2.75) is 58.8 Å². The van der Waals surface area contributed by atoms with Gasteiger partial charge in [0, 0.05) is 11.8 Å². The van der Waals surface area contributed by atoms with E-state index in [4.69, 9.17) is 20.4 Å². The van der Waals surface area contributed by atoms with Crippen molar-refractivity contribution in [3.63, 3.8) is 0 Å². The van der Waals surface area contributed by atoms with Crippen molar-refractivity contribution in [1.82, 2.24) is 0 Å². The molecular formula is C14H30O5. The zero-order valence-corrected chi connectivity index (χ0v) is 12.3. The molecule has 0 heterocycles. The first kappa shape index (κ1) is 20.7. The lowest BCUT2D eigenvalue weighted by Crippen LogP contribution is -2.32. The summed E-state index contributed by atoms with van der Waals surface area (Å²) >= 11 is 0. The van der Waals surface area contributed by atoms with Crippen LogP contribution in [0, 0.1) is 5.41 Å². The fraction of sp³-hybridized carbons (Fsp3) is 0.929. The topological polar surface area (TPSA) is 98.0 Å². The van der Waals surface area contributed by atoms with Gasteiger partial charge in [-0.1, -0.05) is 39.5 Å². The van der Waals surface area contributed by atoms with Gasteiger partial charge in [0.25, 0.3) is 0 Å². The molecule has 0 aliphatic carbocycles. The average molecular weight is 278 g/mol. The molecule has 0 spiro atoms. The molecule has 0 aromatic rings. The zero-order chi connectivity index (χ0) is 15.1. The first-order chi connectivity index (χ1) is 9.01. The van der Waals surface area contributed by atoms with E-state index in [9.17, 15) is 4.79 Å². The van der Waals surface area contributed by atoms with Gasteiger partial charge in [0.15, 0.2) is 0 Å². The van der Waals surface area contributed by atoms with E-state index in [2.05, 4.69) is 6.92 Å². The molecule has 0 aliphatic heterocycles. The van der Waals surface area contributed by atoms with E-state index in [1.54, 1.807) is 0 Å². The van der Waals surface area contributed by atoms with Gasteiger partial charge in [-0.25, -0.2) is 0 Å². The van der Waals surface area contributed by atoms with Crippen molar-refractivity contribution in [2.24, 2.45) is 5.41 Å². The first-order valence-corrected chi connectivity index (χ1v) is 7.06. The van der Waals surface area contributed by atoms with Crippen LogP contribution >= 0.6 is 0 Å². The Morgan fingerprint density at radius 2 is 1.37 bits per heavy atom. The van der Waals surface area contributed by atoms with Crippen LogP contribution in [0.5, 0.6) is 0 Å². The Labute approximate surface area is 116 Å². The van der Waals surface area contributed by atoms with Gasteiger partial charge in [-0.3, -0.25) is 4.79 Å². The minimum absolute atomic E-state index is 0.156. The number of carbonyl (C=O) groups is 1. The second-order valence-corrected chi connectivity index (χ2v) is 4.89. The first-order valence-electron chi connectivity index (χ1n) is 7.06. The molecule has 0 unspecified atom stereocenters. The van der Waals surface area contributed by atoms with E-state index in [0.717, 1.165) is 12.8 Å². The van der Waals surface area contributed by atoms with Crippen LogP contribution in [0.15, 0.2) is 0 Å². The third-order valence-corrected chi connectivity index (χ3v) is 3.25. The molecule has 0 aliphatic rings. The summed E-state index contributed by atoms with van der Waals surface area (Å²) in [5.41, 5.74) is -0.667. The summed E-state index contributed by atoms with van der Waals surface area (Å²) in [6.45, 7) is 3.50. The van der Waals surface area contributed by atoms with Crippen LogP contribution < -0.4 is 0 Å². The molecule has 0 bridgehead atoms. The number of aliphatic carboxylic acids is 1. The summed E-state index contributed by atoms with van der Waals surface area (Å²) in [5.74, 6) is -0.670. The number of hydrogen-bond donors (Lipinski definition) is 4. The highest BCUT2D eigenvalue weighted by Crippen LogP contribution is 2.18. The maximum Gasteiger partial charge on any atom is 0.303 e. The lowest BCUT2D eigenvalue weighted by Gasteiger charge is -2.24. The Morgan fingerprint density at radius 3 is 1.63 bits per heavy atom. The molecule has 0 aromatic carbocycles. The third kappa shape index (κ3) is 12.1. The van der Waals surface area contributed by atoms with Crippen molar-refractivity contribution in [3.8, 4) is 0 Å². The molecule has 0 aromatic heterocycles. The normalized spacial score (nSPS) is 10.8. The molecule has 4 N–H and O–H groups in total. The number of aliphatic hydroxyl groups is 3. The van der Waals surface area contributed by atoms with Gasteiger partial charge in [0.1, 0.15) is 0 Å². The summed E-state index contributed by atoms with van der Waals surface area (Å²) in [7, 11) is 0. The van der Waals surface area contributed by atoms with E-state index in [-0.39, 0.29) is 19.8 Å². The molecule has 5 heteroatoms. The molecule has 0 atom stereocenters. The molecule has 0 radical (unpaired) electrons. The molecule has 0 fully saturated rings. The van der Waals surface area contributed by atoms with Gasteiger partial charge in [-0.2, -0.15) is 0 Å². The van der Waals surface area contributed by atoms with Gasteiger partial charge >= 0.3 is 5.97 Å². The minimum atomic E-state index is -0.670. The van der Waals surface area contributed by atoms with Crippen molar-refractivity contribution in [1.29, 1.82) is 0 Å². The molecular weight excluding hydrogens is 248 g/mol. The van der Waals surface area contributed by atoms with Crippen LogP contribution in [-0.2, 0) is 4.79 Å².